The van der Waals surface area contributed by atoms with Gasteiger partial charge in [0.15, 0.2) is 0 Å². The number of carbonyl (C=O) groups excluding carboxylic acids is 3. The maximum atomic E-state index is 12.7. The van der Waals surface area contributed by atoms with Crippen molar-refractivity contribution in [3.63, 3.8) is 0 Å². The summed E-state index contributed by atoms with van der Waals surface area (Å²) in [6.07, 6.45) is 4.94. The third-order valence-corrected chi connectivity index (χ3v) is 7.50. The van der Waals surface area contributed by atoms with Gasteiger partial charge in [0, 0.05) is 58.5 Å². The van der Waals surface area contributed by atoms with Crippen LogP contribution in [-0.2, 0) is 23.9 Å². The smallest absolute Gasteiger partial charge is 0.223 e. The number of rotatable bonds is 18. The Balaban J connectivity index is 0.00000961. The van der Waals surface area contributed by atoms with E-state index in [9.17, 15) is 14.4 Å². The molecule has 0 bridgehead atoms. The SMILES string of the molecule is CCOC[C@@H]1C[C@@H](OCC)CN1C(=O)CCCSSCCNC(=O)CCCCC(C)=O.[HH]. The van der Waals surface area contributed by atoms with E-state index < -0.39 is 0 Å². The van der Waals surface area contributed by atoms with Crippen LogP contribution in [0.5, 0.6) is 0 Å². The van der Waals surface area contributed by atoms with Crippen LogP contribution in [0.15, 0.2) is 0 Å². The van der Waals surface area contributed by atoms with E-state index in [0.29, 0.717) is 52.2 Å². The van der Waals surface area contributed by atoms with Crippen molar-refractivity contribution in [3.8, 4) is 0 Å². The van der Waals surface area contributed by atoms with Gasteiger partial charge >= 0.3 is 0 Å². The van der Waals surface area contributed by atoms with Crippen molar-refractivity contribution in [3.05, 3.63) is 0 Å². The van der Waals surface area contributed by atoms with Crippen LogP contribution in [0.3, 0.4) is 0 Å². The zero-order chi connectivity index (χ0) is 22.9. The van der Waals surface area contributed by atoms with Gasteiger partial charge in [0.2, 0.25) is 11.8 Å². The van der Waals surface area contributed by atoms with Crippen LogP contribution >= 0.6 is 21.6 Å². The van der Waals surface area contributed by atoms with Crippen LogP contribution in [0.2, 0.25) is 0 Å². The number of ketones is 1. The fourth-order valence-electron chi connectivity index (χ4n) is 3.47. The lowest BCUT2D eigenvalue weighted by Crippen LogP contribution is -2.38. The van der Waals surface area contributed by atoms with Crippen molar-refractivity contribution in [1.29, 1.82) is 0 Å². The Morgan fingerprint density at radius 2 is 1.77 bits per heavy atom. The third-order valence-electron chi connectivity index (χ3n) is 5.01. The number of hydrogen-bond donors (Lipinski definition) is 1. The Kier molecular flexibility index (Phi) is 16.2. The molecular weight excluding hydrogens is 436 g/mol. The van der Waals surface area contributed by atoms with Gasteiger partial charge in [-0.2, -0.15) is 0 Å². The topological polar surface area (TPSA) is 84.9 Å². The van der Waals surface area contributed by atoms with Crippen LogP contribution in [0.4, 0.5) is 0 Å². The second kappa shape index (κ2) is 17.7. The first kappa shape index (κ1) is 28.3. The zero-order valence-corrected chi connectivity index (χ0v) is 21.0. The van der Waals surface area contributed by atoms with Crippen molar-refractivity contribution in [1.82, 2.24) is 10.2 Å². The van der Waals surface area contributed by atoms with E-state index >= 15 is 0 Å². The number of nitrogens with zero attached hydrogens (tertiary/aromatic N) is 1. The molecule has 1 heterocycles. The molecule has 1 N–H and O–H groups in total. The van der Waals surface area contributed by atoms with Gasteiger partial charge in [-0.25, -0.2) is 0 Å². The largest absolute Gasteiger partial charge is 0.380 e. The Morgan fingerprint density at radius 3 is 2.48 bits per heavy atom. The van der Waals surface area contributed by atoms with Crippen molar-refractivity contribution in [2.45, 2.75) is 77.9 Å². The summed E-state index contributed by atoms with van der Waals surface area (Å²) in [4.78, 5) is 37.2. The lowest BCUT2D eigenvalue weighted by molar-refractivity contribution is -0.133. The molecule has 1 saturated heterocycles. The standard InChI is InChI=1S/C22H40N2O5S2.H2/c1-4-28-17-19-15-20(29-5-2)16-24(19)22(27)11-8-13-30-31-14-12-23-21(26)10-7-6-9-18(3)25;/h19-20H,4-17H2,1-3H3,(H,23,26);1H/t19-,20+;/m0./s1. The van der Waals surface area contributed by atoms with Crippen molar-refractivity contribution in [2.75, 3.05) is 44.4 Å². The third kappa shape index (κ3) is 13.4. The number of amides is 2. The highest BCUT2D eigenvalue weighted by molar-refractivity contribution is 8.76. The average Bonchev–Trinajstić information content (AvgIpc) is 3.14. The molecule has 0 aromatic heterocycles. The van der Waals surface area contributed by atoms with E-state index in [1.165, 1.54) is 0 Å². The molecule has 2 atom stereocenters. The molecule has 1 rings (SSSR count). The van der Waals surface area contributed by atoms with E-state index in [2.05, 4.69) is 5.32 Å². The second-order valence-corrected chi connectivity index (χ2v) is 10.4. The molecule has 0 radical (unpaired) electrons. The predicted molar refractivity (Wildman–Crippen MR) is 130 cm³/mol. The Hall–Kier alpha value is -0.770. The molecule has 0 unspecified atom stereocenters. The molecule has 1 aliphatic heterocycles. The maximum Gasteiger partial charge on any atom is 0.223 e. The van der Waals surface area contributed by atoms with Gasteiger partial charge in [-0.15, -0.1) is 0 Å². The first-order valence-corrected chi connectivity index (χ1v) is 14.0. The summed E-state index contributed by atoms with van der Waals surface area (Å²) in [5, 5.41) is 2.91. The number of likely N-dealkylation sites (tertiary alicyclic amines) is 1. The van der Waals surface area contributed by atoms with Gasteiger partial charge in [0.1, 0.15) is 5.78 Å². The summed E-state index contributed by atoms with van der Waals surface area (Å²) in [6, 6.07) is 0.122. The normalized spacial score (nSPS) is 18.4. The van der Waals surface area contributed by atoms with Gasteiger partial charge in [0.05, 0.1) is 18.8 Å². The van der Waals surface area contributed by atoms with Gasteiger partial charge in [-0.3, -0.25) is 9.59 Å². The highest BCUT2D eigenvalue weighted by atomic mass is 33.1. The molecule has 1 aliphatic rings. The van der Waals surface area contributed by atoms with Crippen LogP contribution in [-0.4, -0.2) is 79.1 Å². The number of unbranched alkanes of at least 4 members (excludes halogenated alkanes) is 1. The fraction of sp³-hybridized carbons (Fsp3) is 0.864. The molecule has 0 saturated carbocycles. The second-order valence-electron chi connectivity index (χ2n) is 7.68. The van der Waals surface area contributed by atoms with E-state index in [1.807, 2.05) is 18.7 Å². The molecule has 7 nitrogen and oxygen atoms in total. The van der Waals surface area contributed by atoms with E-state index in [1.54, 1.807) is 28.5 Å². The van der Waals surface area contributed by atoms with Crippen LogP contribution < -0.4 is 5.32 Å². The average molecular weight is 479 g/mol. The van der Waals surface area contributed by atoms with Crippen molar-refractivity contribution < 1.29 is 25.3 Å². The zero-order valence-electron chi connectivity index (χ0n) is 19.4. The maximum absolute atomic E-state index is 12.7. The Morgan fingerprint density at radius 1 is 1.03 bits per heavy atom. The summed E-state index contributed by atoms with van der Waals surface area (Å²) in [5.41, 5.74) is 0. The molecule has 0 aliphatic carbocycles. The molecular formula is C22H42N2O5S2. The highest BCUT2D eigenvalue weighted by Crippen LogP contribution is 2.24. The van der Waals surface area contributed by atoms with E-state index in [0.717, 1.165) is 37.2 Å². The van der Waals surface area contributed by atoms with Gasteiger partial charge in [-0.1, -0.05) is 21.6 Å². The first-order chi connectivity index (χ1) is 15.0. The molecule has 1 fully saturated rings. The minimum Gasteiger partial charge on any atom is -0.380 e. The van der Waals surface area contributed by atoms with Crippen LogP contribution in [0.25, 0.3) is 0 Å². The lowest BCUT2D eigenvalue weighted by Gasteiger charge is -2.24. The molecule has 0 aromatic carbocycles. The molecule has 9 heteroatoms. The van der Waals surface area contributed by atoms with Crippen LogP contribution in [0.1, 0.15) is 67.1 Å². The molecule has 2 amide bonds. The number of hydrogen-bond acceptors (Lipinski definition) is 7. The van der Waals surface area contributed by atoms with Gasteiger partial charge in [-0.05, 0) is 46.5 Å². The summed E-state index contributed by atoms with van der Waals surface area (Å²) >= 11 is 0. The number of nitrogens with one attached hydrogen (secondary N) is 1. The Bertz CT molecular complexity index is 542. The van der Waals surface area contributed by atoms with Crippen LogP contribution in [0, 0.1) is 0 Å². The molecule has 0 aromatic rings. The lowest BCUT2D eigenvalue weighted by atomic mass is 10.1. The molecule has 0 spiro atoms. The van der Waals surface area contributed by atoms with Crippen molar-refractivity contribution in [2.24, 2.45) is 0 Å². The quantitative estimate of drug-likeness (QED) is 0.237. The molecule has 31 heavy (non-hydrogen) atoms. The predicted octanol–water partition coefficient (Wildman–Crippen LogP) is 3.70. The summed E-state index contributed by atoms with van der Waals surface area (Å²) in [5.74, 6) is 2.17. The Labute approximate surface area is 197 Å². The fourth-order valence-corrected chi connectivity index (χ4v) is 5.47. The van der Waals surface area contributed by atoms with E-state index in [-0.39, 0.29) is 31.2 Å². The minimum atomic E-state index is 0. The molecule has 182 valence electrons. The summed E-state index contributed by atoms with van der Waals surface area (Å²) in [6.45, 7) is 8.76. The monoisotopic (exact) mass is 478 g/mol. The number of Topliss-reactive ketones (excluding diaryl/α,β-unsaturated/α-hetero) is 1. The van der Waals surface area contributed by atoms with E-state index in [4.69, 9.17) is 9.47 Å². The van der Waals surface area contributed by atoms with Gasteiger partial charge < -0.3 is 24.5 Å². The van der Waals surface area contributed by atoms with Gasteiger partial charge in [0.25, 0.3) is 0 Å². The highest BCUT2D eigenvalue weighted by Gasteiger charge is 2.35. The van der Waals surface area contributed by atoms with Crippen molar-refractivity contribution >= 4 is 39.2 Å². The first-order valence-electron chi connectivity index (χ1n) is 11.5. The minimum absolute atomic E-state index is 0. The summed E-state index contributed by atoms with van der Waals surface area (Å²) < 4.78 is 11.3. The number of ether oxygens (including phenoxy) is 2. The number of carbonyl (C=O) groups is 3. The summed E-state index contributed by atoms with van der Waals surface area (Å²) in [7, 11) is 3.47.